The molecule has 0 saturated carbocycles. The summed E-state index contributed by atoms with van der Waals surface area (Å²) in [5, 5.41) is 15.2. The van der Waals surface area contributed by atoms with Gasteiger partial charge in [-0.2, -0.15) is 0 Å². The van der Waals surface area contributed by atoms with Crippen molar-refractivity contribution in [2.45, 2.75) is 26.0 Å². The number of urea groups is 1. The normalized spacial score (nSPS) is 11.2. The first kappa shape index (κ1) is 15.5. The van der Waals surface area contributed by atoms with E-state index in [1.165, 1.54) is 0 Å². The number of amides is 2. The summed E-state index contributed by atoms with van der Waals surface area (Å²) in [4.78, 5) is 11.4. The van der Waals surface area contributed by atoms with Crippen LogP contribution < -0.4 is 10.6 Å². The van der Waals surface area contributed by atoms with E-state index in [1.807, 2.05) is 24.3 Å². The Morgan fingerprint density at radius 1 is 1.26 bits per heavy atom. The molecule has 0 unspecified atom stereocenters. The van der Waals surface area contributed by atoms with Crippen LogP contribution in [0.5, 0.6) is 0 Å². The van der Waals surface area contributed by atoms with Crippen molar-refractivity contribution in [3.63, 3.8) is 0 Å². The molecular formula is C14H22N2O3. The lowest BCUT2D eigenvalue weighted by atomic mass is 9.97. The first-order valence-electron chi connectivity index (χ1n) is 6.26. The Morgan fingerprint density at radius 2 is 1.89 bits per heavy atom. The highest BCUT2D eigenvalue weighted by Gasteiger charge is 2.14. The maximum atomic E-state index is 11.4. The number of benzene rings is 1. The van der Waals surface area contributed by atoms with Crippen LogP contribution in [0.25, 0.3) is 0 Å². The number of hydrogen-bond donors (Lipinski definition) is 3. The minimum atomic E-state index is -0.844. The molecule has 5 nitrogen and oxygen atoms in total. The minimum Gasteiger partial charge on any atom is -0.386 e. The maximum Gasteiger partial charge on any atom is 0.315 e. The summed E-state index contributed by atoms with van der Waals surface area (Å²) in [6.45, 7) is 4.91. The molecule has 0 atom stereocenters. The average Bonchev–Trinajstić information content (AvgIpc) is 2.36. The topological polar surface area (TPSA) is 70.6 Å². The standard InChI is InChI=1S/C14H22N2O3/c1-14(2,18)12-6-4-11(5-7-12)10-16-13(17)15-8-9-19-3/h4-7,18H,8-10H2,1-3H3,(H2,15,16,17). The summed E-state index contributed by atoms with van der Waals surface area (Å²) in [6.07, 6.45) is 0. The molecule has 1 aromatic carbocycles. The first-order valence-corrected chi connectivity index (χ1v) is 6.26. The lowest BCUT2D eigenvalue weighted by molar-refractivity contribution is 0.0786. The van der Waals surface area contributed by atoms with Crippen molar-refractivity contribution in [2.24, 2.45) is 0 Å². The second-order valence-corrected chi connectivity index (χ2v) is 4.86. The van der Waals surface area contributed by atoms with Crippen LogP contribution in [0.15, 0.2) is 24.3 Å². The van der Waals surface area contributed by atoms with E-state index in [-0.39, 0.29) is 6.03 Å². The molecule has 0 aliphatic carbocycles. The third-order valence-electron chi connectivity index (χ3n) is 2.71. The molecule has 106 valence electrons. The van der Waals surface area contributed by atoms with Crippen LogP contribution in [0.3, 0.4) is 0 Å². The molecule has 0 heterocycles. The van der Waals surface area contributed by atoms with Gasteiger partial charge in [0.15, 0.2) is 0 Å². The number of carbonyl (C=O) groups is 1. The third-order valence-corrected chi connectivity index (χ3v) is 2.71. The van der Waals surface area contributed by atoms with Gasteiger partial charge in [-0.25, -0.2) is 4.79 Å². The fourth-order valence-corrected chi connectivity index (χ4v) is 1.54. The fourth-order valence-electron chi connectivity index (χ4n) is 1.54. The predicted octanol–water partition coefficient (Wildman–Crippen LogP) is 1.36. The molecule has 0 radical (unpaired) electrons. The van der Waals surface area contributed by atoms with E-state index in [0.29, 0.717) is 19.7 Å². The number of aliphatic hydroxyl groups is 1. The SMILES string of the molecule is COCCNC(=O)NCc1ccc(C(C)(C)O)cc1. The number of rotatable bonds is 6. The van der Waals surface area contributed by atoms with Crippen LogP contribution >= 0.6 is 0 Å². The highest BCUT2D eigenvalue weighted by atomic mass is 16.5. The number of carbonyl (C=O) groups excluding carboxylic acids is 1. The Hall–Kier alpha value is -1.59. The summed E-state index contributed by atoms with van der Waals surface area (Å²) in [5.74, 6) is 0. The molecule has 0 spiro atoms. The number of nitrogens with one attached hydrogen (secondary N) is 2. The maximum absolute atomic E-state index is 11.4. The highest BCUT2D eigenvalue weighted by molar-refractivity contribution is 5.73. The summed E-state index contributed by atoms with van der Waals surface area (Å²) < 4.78 is 4.83. The van der Waals surface area contributed by atoms with Crippen molar-refractivity contribution in [1.29, 1.82) is 0 Å². The Bertz CT molecular complexity index is 396. The fraction of sp³-hybridized carbons (Fsp3) is 0.500. The Balaban J connectivity index is 2.40. The zero-order valence-corrected chi connectivity index (χ0v) is 11.7. The van der Waals surface area contributed by atoms with Crippen molar-refractivity contribution in [1.82, 2.24) is 10.6 Å². The molecule has 5 heteroatoms. The monoisotopic (exact) mass is 266 g/mol. The van der Waals surface area contributed by atoms with Gasteiger partial charge in [-0.05, 0) is 25.0 Å². The van der Waals surface area contributed by atoms with Crippen LogP contribution in [0.1, 0.15) is 25.0 Å². The van der Waals surface area contributed by atoms with Crippen LogP contribution in [0.2, 0.25) is 0 Å². The summed E-state index contributed by atoms with van der Waals surface area (Å²) in [7, 11) is 1.59. The third kappa shape index (κ3) is 5.72. The summed E-state index contributed by atoms with van der Waals surface area (Å²) in [5.41, 5.74) is 0.986. The Morgan fingerprint density at radius 3 is 2.42 bits per heavy atom. The van der Waals surface area contributed by atoms with Gasteiger partial charge >= 0.3 is 6.03 Å². The Kier molecular flexibility index (Phi) is 5.79. The van der Waals surface area contributed by atoms with E-state index in [4.69, 9.17) is 4.74 Å². The molecular weight excluding hydrogens is 244 g/mol. The molecule has 2 amide bonds. The van der Waals surface area contributed by atoms with Gasteiger partial charge in [0.2, 0.25) is 0 Å². The van der Waals surface area contributed by atoms with Crippen molar-refractivity contribution in [3.8, 4) is 0 Å². The van der Waals surface area contributed by atoms with Gasteiger partial charge in [0.05, 0.1) is 12.2 Å². The second kappa shape index (κ2) is 7.11. The number of ether oxygens (including phenoxy) is 1. The van der Waals surface area contributed by atoms with Crippen molar-refractivity contribution in [2.75, 3.05) is 20.3 Å². The van der Waals surface area contributed by atoms with E-state index >= 15 is 0 Å². The van der Waals surface area contributed by atoms with Crippen LogP contribution in [0.4, 0.5) is 4.79 Å². The van der Waals surface area contributed by atoms with Crippen molar-refractivity contribution < 1.29 is 14.6 Å². The van der Waals surface area contributed by atoms with E-state index in [0.717, 1.165) is 11.1 Å². The van der Waals surface area contributed by atoms with Crippen LogP contribution in [-0.2, 0) is 16.9 Å². The first-order chi connectivity index (χ1) is 8.93. The quantitative estimate of drug-likeness (QED) is 0.681. The summed E-state index contributed by atoms with van der Waals surface area (Å²) >= 11 is 0. The van der Waals surface area contributed by atoms with Crippen molar-refractivity contribution in [3.05, 3.63) is 35.4 Å². The van der Waals surface area contributed by atoms with Gasteiger partial charge in [0.1, 0.15) is 0 Å². The molecule has 1 rings (SSSR count). The lowest BCUT2D eigenvalue weighted by Gasteiger charge is -2.18. The van der Waals surface area contributed by atoms with E-state index in [2.05, 4.69) is 10.6 Å². The molecule has 0 aliphatic heterocycles. The molecule has 0 aliphatic rings. The molecule has 0 fully saturated rings. The zero-order valence-electron chi connectivity index (χ0n) is 11.7. The molecule has 0 bridgehead atoms. The largest absolute Gasteiger partial charge is 0.386 e. The summed E-state index contributed by atoms with van der Waals surface area (Å²) in [6, 6.07) is 7.29. The smallest absolute Gasteiger partial charge is 0.315 e. The van der Waals surface area contributed by atoms with Crippen LogP contribution in [0, 0.1) is 0 Å². The van der Waals surface area contributed by atoms with Gasteiger partial charge in [-0.1, -0.05) is 24.3 Å². The van der Waals surface area contributed by atoms with E-state index < -0.39 is 5.60 Å². The number of methoxy groups -OCH3 is 1. The van der Waals surface area contributed by atoms with Gasteiger partial charge in [-0.15, -0.1) is 0 Å². The van der Waals surface area contributed by atoms with Gasteiger partial charge in [-0.3, -0.25) is 0 Å². The average molecular weight is 266 g/mol. The van der Waals surface area contributed by atoms with Gasteiger partial charge < -0.3 is 20.5 Å². The van der Waals surface area contributed by atoms with Crippen LogP contribution in [-0.4, -0.2) is 31.4 Å². The van der Waals surface area contributed by atoms with Crippen molar-refractivity contribution >= 4 is 6.03 Å². The highest BCUT2D eigenvalue weighted by Crippen LogP contribution is 2.19. The van der Waals surface area contributed by atoms with Gasteiger partial charge in [0, 0.05) is 20.2 Å². The van der Waals surface area contributed by atoms with Gasteiger partial charge in [0.25, 0.3) is 0 Å². The molecule has 1 aromatic rings. The molecule has 19 heavy (non-hydrogen) atoms. The molecule has 3 N–H and O–H groups in total. The number of hydrogen-bond acceptors (Lipinski definition) is 3. The van der Waals surface area contributed by atoms with E-state index in [9.17, 15) is 9.90 Å². The second-order valence-electron chi connectivity index (χ2n) is 4.86. The molecule has 0 aromatic heterocycles. The minimum absolute atomic E-state index is 0.219. The predicted molar refractivity (Wildman–Crippen MR) is 73.8 cm³/mol. The Labute approximate surface area is 114 Å². The molecule has 0 saturated heterocycles. The zero-order chi connectivity index (χ0) is 14.3. The lowest BCUT2D eigenvalue weighted by Crippen LogP contribution is -2.36. The van der Waals surface area contributed by atoms with E-state index in [1.54, 1.807) is 21.0 Å².